The smallest absolute Gasteiger partial charge is 0.230 e. The average molecular weight is 250 g/mol. The van der Waals surface area contributed by atoms with Gasteiger partial charge in [0.1, 0.15) is 6.33 Å². The van der Waals surface area contributed by atoms with Crippen molar-refractivity contribution < 1.29 is 4.74 Å². The van der Waals surface area contributed by atoms with Gasteiger partial charge in [0.05, 0.1) is 16.4 Å². The number of ether oxygens (including phenoxy) is 1. The van der Waals surface area contributed by atoms with Gasteiger partial charge in [-0.2, -0.15) is 0 Å². The number of hydrogen-bond acceptors (Lipinski definition) is 3. The van der Waals surface area contributed by atoms with Gasteiger partial charge in [0.25, 0.3) is 0 Å². The molecule has 0 unspecified atom stereocenters. The van der Waals surface area contributed by atoms with Crippen molar-refractivity contribution in [1.29, 1.82) is 0 Å². The van der Waals surface area contributed by atoms with Crippen LogP contribution in [0, 0.1) is 10.5 Å². The van der Waals surface area contributed by atoms with E-state index in [2.05, 4.69) is 32.6 Å². The Balaban J connectivity index is 3.14. The number of aromatic nitrogens is 2. The molecule has 3 nitrogen and oxygen atoms in total. The van der Waals surface area contributed by atoms with Crippen molar-refractivity contribution >= 4 is 22.6 Å². The molecule has 1 rings (SSSR count). The van der Waals surface area contributed by atoms with Crippen molar-refractivity contribution in [3.63, 3.8) is 0 Å². The zero-order valence-electron chi connectivity index (χ0n) is 5.76. The van der Waals surface area contributed by atoms with E-state index in [0.29, 0.717) is 5.88 Å². The van der Waals surface area contributed by atoms with E-state index in [1.165, 1.54) is 6.33 Å². The molecule has 0 N–H and O–H groups in total. The van der Waals surface area contributed by atoms with E-state index in [1.807, 2.05) is 6.92 Å². The van der Waals surface area contributed by atoms with Crippen LogP contribution in [0.5, 0.6) is 5.88 Å². The number of nitrogens with zero attached hydrogens (tertiary/aromatic N) is 2. The maximum absolute atomic E-state index is 4.97. The van der Waals surface area contributed by atoms with Crippen LogP contribution < -0.4 is 4.74 Å². The Bertz CT molecular complexity index is 239. The van der Waals surface area contributed by atoms with Crippen LogP contribution in [0.15, 0.2) is 6.33 Å². The molecule has 1 heterocycles. The molecule has 0 aliphatic heterocycles. The Morgan fingerprint density at radius 1 is 1.50 bits per heavy atom. The standard InChI is InChI=1S/C6H7IN2O/c1-4-5(7)6(10-2)9-3-8-4/h3H,1-2H3. The minimum absolute atomic E-state index is 0.646. The first-order valence-corrected chi connectivity index (χ1v) is 3.84. The summed E-state index contributed by atoms with van der Waals surface area (Å²) in [7, 11) is 1.60. The van der Waals surface area contributed by atoms with E-state index in [1.54, 1.807) is 7.11 Å². The lowest BCUT2D eigenvalue weighted by molar-refractivity contribution is 0.393. The molecule has 0 radical (unpaired) electrons. The Morgan fingerprint density at radius 3 is 2.70 bits per heavy atom. The molecular formula is C6H7IN2O. The van der Waals surface area contributed by atoms with Crippen LogP contribution in [-0.2, 0) is 0 Å². The lowest BCUT2D eigenvalue weighted by Gasteiger charge is -2.01. The third-order valence-electron chi connectivity index (χ3n) is 1.13. The maximum atomic E-state index is 4.97. The minimum atomic E-state index is 0.646. The maximum Gasteiger partial charge on any atom is 0.230 e. The fourth-order valence-electron chi connectivity index (χ4n) is 0.578. The van der Waals surface area contributed by atoms with E-state index >= 15 is 0 Å². The van der Waals surface area contributed by atoms with Crippen molar-refractivity contribution in [2.24, 2.45) is 0 Å². The number of aryl methyl sites for hydroxylation is 1. The van der Waals surface area contributed by atoms with Gasteiger partial charge in [-0.05, 0) is 29.5 Å². The molecule has 0 saturated heterocycles. The molecule has 54 valence electrons. The summed E-state index contributed by atoms with van der Waals surface area (Å²) in [6, 6.07) is 0. The average Bonchev–Trinajstić information content (AvgIpc) is 1.95. The fraction of sp³-hybridized carbons (Fsp3) is 0.333. The van der Waals surface area contributed by atoms with Crippen LogP contribution in [0.25, 0.3) is 0 Å². The first kappa shape index (κ1) is 7.71. The number of hydrogen-bond donors (Lipinski definition) is 0. The highest BCUT2D eigenvalue weighted by atomic mass is 127. The summed E-state index contributed by atoms with van der Waals surface area (Å²) in [4.78, 5) is 7.91. The second kappa shape index (κ2) is 3.14. The van der Waals surface area contributed by atoms with Crippen molar-refractivity contribution in [3.8, 4) is 5.88 Å². The largest absolute Gasteiger partial charge is 0.480 e. The van der Waals surface area contributed by atoms with E-state index in [4.69, 9.17) is 4.74 Å². The molecule has 1 aromatic rings. The highest BCUT2D eigenvalue weighted by molar-refractivity contribution is 14.1. The van der Waals surface area contributed by atoms with E-state index in [9.17, 15) is 0 Å². The van der Waals surface area contributed by atoms with Gasteiger partial charge in [-0.3, -0.25) is 0 Å². The SMILES string of the molecule is COc1ncnc(C)c1I. The summed E-state index contributed by atoms with van der Waals surface area (Å²) < 4.78 is 5.94. The van der Waals surface area contributed by atoms with Crippen molar-refractivity contribution in [2.45, 2.75) is 6.92 Å². The summed E-state index contributed by atoms with van der Waals surface area (Å²) in [5.74, 6) is 0.646. The molecule has 0 amide bonds. The molecule has 4 heteroatoms. The molecule has 0 aliphatic carbocycles. The second-order valence-electron chi connectivity index (χ2n) is 1.78. The van der Waals surface area contributed by atoms with E-state index < -0.39 is 0 Å². The van der Waals surface area contributed by atoms with E-state index in [-0.39, 0.29) is 0 Å². The second-order valence-corrected chi connectivity index (χ2v) is 2.86. The fourth-order valence-corrected chi connectivity index (χ4v) is 1.08. The van der Waals surface area contributed by atoms with Crippen molar-refractivity contribution in [3.05, 3.63) is 15.6 Å². The Hall–Kier alpha value is -0.390. The monoisotopic (exact) mass is 250 g/mol. The summed E-state index contributed by atoms with van der Waals surface area (Å²) in [5.41, 5.74) is 0.951. The van der Waals surface area contributed by atoms with E-state index in [0.717, 1.165) is 9.26 Å². The van der Waals surface area contributed by atoms with Gasteiger partial charge >= 0.3 is 0 Å². The Labute approximate surface area is 73.0 Å². The van der Waals surface area contributed by atoms with Crippen LogP contribution in [0.1, 0.15) is 5.69 Å². The van der Waals surface area contributed by atoms with Gasteiger partial charge in [-0.15, -0.1) is 0 Å². The molecular weight excluding hydrogens is 243 g/mol. The quantitative estimate of drug-likeness (QED) is 0.706. The first-order chi connectivity index (χ1) is 4.75. The van der Waals surface area contributed by atoms with Crippen LogP contribution in [0.3, 0.4) is 0 Å². The molecule has 0 saturated carbocycles. The third-order valence-corrected chi connectivity index (χ3v) is 2.37. The summed E-state index contributed by atoms with van der Waals surface area (Å²) in [6.45, 7) is 1.92. The van der Waals surface area contributed by atoms with Gasteiger partial charge in [0, 0.05) is 0 Å². The lowest BCUT2D eigenvalue weighted by Crippen LogP contribution is -1.95. The third kappa shape index (κ3) is 1.36. The Morgan fingerprint density at radius 2 is 2.20 bits per heavy atom. The molecule has 0 atom stereocenters. The van der Waals surface area contributed by atoms with Gasteiger partial charge in [-0.25, -0.2) is 9.97 Å². The number of rotatable bonds is 1. The molecule has 1 aromatic heterocycles. The molecule has 0 bridgehead atoms. The molecule has 0 aliphatic rings. The topological polar surface area (TPSA) is 35.0 Å². The van der Waals surface area contributed by atoms with Crippen molar-refractivity contribution in [1.82, 2.24) is 9.97 Å². The van der Waals surface area contributed by atoms with Crippen LogP contribution >= 0.6 is 22.6 Å². The normalized spacial score (nSPS) is 9.50. The van der Waals surface area contributed by atoms with Crippen LogP contribution in [0.2, 0.25) is 0 Å². The zero-order valence-corrected chi connectivity index (χ0v) is 7.92. The van der Waals surface area contributed by atoms with Crippen LogP contribution in [-0.4, -0.2) is 17.1 Å². The van der Waals surface area contributed by atoms with Gasteiger partial charge in [-0.1, -0.05) is 0 Å². The highest BCUT2D eigenvalue weighted by Crippen LogP contribution is 2.17. The molecule has 0 fully saturated rings. The predicted octanol–water partition coefficient (Wildman–Crippen LogP) is 1.40. The molecule has 0 aromatic carbocycles. The van der Waals surface area contributed by atoms with Gasteiger partial charge < -0.3 is 4.74 Å². The summed E-state index contributed by atoms with van der Waals surface area (Å²) in [6.07, 6.45) is 1.50. The lowest BCUT2D eigenvalue weighted by atomic mass is 10.4. The van der Waals surface area contributed by atoms with Gasteiger partial charge in [0.15, 0.2) is 0 Å². The predicted molar refractivity (Wildman–Crippen MR) is 46.0 cm³/mol. The van der Waals surface area contributed by atoms with Crippen LogP contribution in [0.4, 0.5) is 0 Å². The van der Waals surface area contributed by atoms with Crippen molar-refractivity contribution in [2.75, 3.05) is 7.11 Å². The first-order valence-electron chi connectivity index (χ1n) is 2.76. The molecule has 10 heavy (non-hydrogen) atoms. The highest BCUT2D eigenvalue weighted by Gasteiger charge is 2.02. The number of methoxy groups -OCH3 is 1. The Kier molecular flexibility index (Phi) is 2.42. The zero-order chi connectivity index (χ0) is 7.56. The summed E-state index contributed by atoms with van der Waals surface area (Å²) in [5, 5.41) is 0. The van der Waals surface area contributed by atoms with Gasteiger partial charge in [0.2, 0.25) is 5.88 Å². The number of halogens is 1. The summed E-state index contributed by atoms with van der Waals surface area (Å²) >= 11 is 2.15. The minimum Gasteiger partial charge on any atom is -0.480 e. The molecule has 0 spiro atoms.